The molecule has 0 unspecified atom stereocenters. The van der Waals surface area contributed by atoms with Gasteiger partial charge in [0.2, 0.25) is 0 Å². The van der Waals surface area contributed by atoms with Crippen molar-refractivity contribution in [3.8, 4) is 0 Å². The average Bonchev–Trinajstić information content (AvgIpc) is 2.77. The number of halogens is 1. The number of hydrogen-bond acceptors (Lipinski definition) is 4. The fraction of sp³-hybridized carbons (Fsp3) is 0.0769. The molecule has 0 N–H and O–H groups in total. The second kappa shape index (κ2) is 4.68. The van der Waals surface area contributed by atoms with Crippen molar-refractivity contribution in [3.63, 3.8) is 0 Å². The Morgan fingerprint density at radius 3 is 2.60 bits per heavy atom. The number of fused-ring (bicyclic) bond motifs is 1. The molecule has 0 radical (unpaired) electrons. The van der Waals surface area contributed by atoms with Crippen LogP contribution in [0.2, 0.25) is 0 Å². The number of benzene rings is 1. The average molecular weight is 352 g/mol. The van der Waals surface area contributed by atoms with E-state index in [9.17, 15) is 8.42 Å². The van der Waals surface area contributed by atoms with Crippen LogP contribution in [0.1, 0.15) is 5.82 Å². The molecule has 1 aromatic carbocycles. The number of aromatic nitrogens is 3. The van der Waals surface area contributed by atoms with Crippen molar-refractivity contribution in [3.05, 3.63) is 53.0 Å². The lowest BCUT2D eigenvalue weighted by Gasteiger charge is -2.06. The summed E-state index contributed by atoms with van der Waals surface area (Å²) in [4.78, 5) is 8.54. The van der Waals surface area contributed by atoms with Crippen molar-refractivity contribution < 1.29 is 8.42 Å². The highest BCUT2D eigenvalue weighted by molar-refractivity contribution is 9.10. The zero-order chi connectivity index (χ0) is 14.3. The number of aryl methyl sites for hydroxylation is 1. The van der Waals surface area contributed by atoms with Crippen LogP contribution in [0.25, 0.3) is 11.0 Å². The van der Waals surface area contributed by atoms with Crippen LogP contribution in [0.15, 0.2) is 52.1 Å². The van der Waals surface area contributed by atoms with Gasteiger partial charge in [-0.3, -0.25) is 0 Å². The maximum atomic E-state index is 12.7. The second-order valence-corrected chi connectivity index (χ2v) is 6.91. The first-order chi connectivity index (χ1) is 9.50. The second-order valence-electron chi connectivity index (χ2n) is 4.25. The maximum absolute atomic E-state index is 12.7. The van der Waals surface area contributed by atoms with Crippen molar-refractivity contribution in [1.82, 2.24) is 13.9 Å². The van der Waals surface area contributed by atoms with Crippen molar-refractivity contribution >= 4 is 37.0 Å². The van der Waals surface area contributed by atoms with Crippen LogP contribution in [-0.2, 0) is 10.0 Å². The van der Waals surface area contributed by atoms with Gasteiger partial charge in [-0.1, -0.05) is 18.2 Å². The summed E-state index contributed by atoms with van der Waals surface area (Å²) in [6, 6.07) is 8.27. The third-order valence-corrected chi connectivity index (χ3v) is 5.18. The standard InChI is InChI=1S/C13H10BrN3O2S/c1-9-15-7-11-12(14)8-17(13(11)16-9)20(18,19)10-5-3-2-4-6-10/h2-8H,1H3. The van der Waals surface area contributed by atoms with E-state index in [2.05, 4.69) is 25.9 Å². The van der Waals surface area contributed by atoms with Gasteiger partial charge >= 0.3 is 0 Å². The fourth-order valence-corrected chi connectivity index (χ4v) is 3.88. The van der Waals surface area contributed by atoms with E-state index in [1.807, 2.05) is 0 Å². The predicted molar refractivity (Wildman–Crippen MR) is 79.0 cm³/mol. The Labute approximate surface area is 124 Å². The minimum absolute atomic E-state index is 0.223. The van der Waals surface area contributed by atoms with Crippen LogP contribution in [-0.4, -0.2) is 22.4 Å². The maximum Gasteiger partial charge on any atom is 0.269 e. The van der Waals surface area contributed by atoms with Gasteiger partial charge in [0.05, 0.1) is 10.3 Å². The van der Waals surface area contributed by atoms with Gasteiger partial charge in [0.15, 0.2) is 5.65 Å². The fourth-order valence-electron chi connectivity index (χ4n) is 1.92. The molecule has 0 aliphatic carbocycles. The molecule has 0 atom stereocenters. The number of hydrogen-bond donors (Lipinski definition) is 0. The van der Waals surface area contributed by atoms with E-state index in [-0.39, 0.29) is 4.90 Å². The molecule has 3 aromatic rings. The Morgan fingerprint density at radius 2 is 1.90 bits per heavy atom. The normalized spacial score (nSPS) is 11.9. The van der Waals surface area contributed by atoms with Gasteiger partial charge in [0.25, 0.3) is 10.0 Å². The van der Waals surface area contributed by atoms with Crippen LogP contribution >= 0.6 is 15.9 Å². The lowest BCUT2D eigenvalue weighted by atomic mass is 10.4. The summed E-state index contributed by atoms with van der Waals surface area (Å²) in [5.74, 6) is 0.521. The lowest BCUT2D eigenvalue weighted by molar-refractivity contribution is 0.588. The van der Waals surface area contributed by atoms with E-state index in [0.29, 0.717) is 21.3 Å². The third kappa shape index (κ3) is 2.03. The summed E-state index contributed by atoms with van der Waals surface area (Å²) in [5, 5.41) is 0.662. The van der Waals surface area contributed by atoms with Crippen LogP contribution in [0.4, 0.5) is 0 Å². The Morgan fingerprint density at radius 1 is 1.20 bits per heavy atom. The molecule has 0 amide bonds. The van der Waals surface area contributed by atoms with E-state index in [1.54, 1.807) is 43.5 Å². The lowest BCUT2D eigenvalue weighted by Crippen LogP contribution is -2.12. The molecule has 0 bridgehead atoms. The SMILES string of the molecule is Cc1ncc2c(Br)cn(S(=O)(=O)c3ccccc3)c2n1. The molecule has 0 saturated heterocycles. The van der Waals surface area contributed by atoms with Crippen molar-refractivity contribution in [2.45, 2.75) is 11.8 Å². The van der Waals surface area contributed by atoms with Crippen LogP contribution < -0.4 is 0 Å². The molecular weight excluding hydrogens is 342 g/mol. The van der Waals surface area contributed by atoms with Gasteiger partial charge in [-0.15, -0.1) is 0 Å². The Balaban J connectivity index is 2.33. The highest BCUT2D eigenvalue weighted by atomic mass is 79.9. The highest BCUT2D eigenvalue weighted by Crippen LogP contribution is 2.27. The Kier molecular flexibility index (Phi) is 3.10. The first-order valence-corrected chi connectivity index (χ1v) is 8.04. The first-order valence-electron chi connectivity index (χ1n) is 5.81. The van der Waals surface area contributed by atoms with Crippen molar-refractivity contribution in [2.24, 2.45) is 0 Å². The minimum Gasteiger partial charge on any atom is -0.241 e. The zero-order valence-electron chi connectivity index (χ0n) is 10.5. The first kappa shape index (κ1) is 13.3. The smallest absolute Gasteiger partial charge is 0.241 e. The molecule has 7 heteroatoms. The van der Waals surface area contributed by atoms with Gasteiger partial charge < -0.3 is 0 Å². The molecule has 2 heterocycles. The molecule has 5 nitrogen and oxygen atoms in total. The number of rotatable bonds is 2. The summed E-state index contributed by atoms with van der Waals surface area (Å²) < 4.78 is 27.1. The summed E-state index contributed by atoms with van der Waals surface area (Å²) in [7, 11) is -3.67. The van der Waals surface area contributed by atoms with E-state index in [0.717, 1.165) is 0 Å². The van der Waals surface area contributed by atoms with Crippen molar-refractivity contribution in [1.29, 1.82) is 0 Å². The molecule has 0 aliphatic rings. The largest absolute Gasteiger partial charge is 0.269 e. The van der Waals surface area contributed by atoms with Gasteiger partial charge in [-0.25, -0.2) is 22.4 Å². The molecule has 20 heavy (non-hydrogen) atoms. The van der Waals surface area contributed by atoms with E-state index in [4.69, 9.17) is 0 Å². The minimum atomic E-state index is -3.67. The van der Waals surface area contributed by atoms with Crippen LogP contribution in [0.3, 0.4) is 0 Å². The molecule has 0 saturated carbocycles. The van der Waals surface area contributed by atoms with Gasteiger partial charge in [-0.05, 0) is 35.0 Å². The topological polar surface area (TPSA) is 64.8 Å². The van der Waals surface area contributed by atoms with Gasteiger partial charge in [0, 0.05) is 16.9 Å². The summed E-state index contributed by atoms with van der Waals surface area (Å²) in [6.07, 6.45) is 3.11. The molecule has 0 fully saturated rings. The number of nitrogens with zero attached hydrogens (tertiary/aromatic N) is 3. The third-order valence-electron chi connectivity index (χ3n) is 2.89. The molecule has 0 spiro atoms. The highest BCUT2D eigenvalue weighted by Gasteiger charge is 2.21. The van der Waals surface area contributed by atoms with E-state index >= 15 is 0 Å². The summed E-state index contributed by atoms with van der Waals surface area (Å²) >= 11 is 3.34. The zero-order valence-corrected chi connectivity index (χ0v) is 12.9. The molecule has 0 aliphatic heterocycles. The molecule has 3 rings (SSSR count). The van der Waals surface area contributed by atoms with Crippen LogP contribution in [0.5, 0.6) is 0 Å². The Hall–Kier alpha value is -1.73. The molecular formula is C13H10BrN3O2S. The molecule has 2 aromatic heterocycles. The predicted octanol–water partition coefficient (Wildman–Crippen LogP) is 2.74. The van der Waals surface area contributed by atoms with E-state index in [1.165, 1.54) is 10.2 Å². The Bertz CT molecular complexity index is 889. The van der Waals surface area contributed by atoms with Gasteiger partial charge in [0.1, 0.15) is 5.82 Å². The summed E-state index contributed by atoms with van der Waals surface area (Å²) in [5.41, 5.74) is 0.369. The van der Waals surface area contributed by atoms with Gasteiger partial charge in [-0.2, -0.15) is 0 Å². The van der Waals surface area contributed by atoms with E-state index < -0.39 is 10.0 Å². The van der Waals surface area contributed by atoms with Crippen molar-refractivity contribution in [2.75, 3.05) is 0 Å². The van der Waals surface area contributed by atoms with Crippen LogP contribution in [0, 0.1) is 6.92 Å². The summed E-state index contributed by atoms with van der Waals surface area (Å²) in [6.45, 7) is 1.72. The molecule has 102 valence electrons. The quantitative estimate of drug-likeness (QED) is 0.711. The monoisotopic (exact) mass is 351 g/mol.